The van der Waals surface area contributed by atoms with Crippen LogP contribution in [0.5, 0.6) is 0 Å². The number of fused-ring (bicyclic) bond motifs is 5. The van der Waals surface area contributed by atoms with Crippen molar-refractivity contribution in [2.75, 3.05) is 6.61 Å². The number of H-pyrrole nitrogens is 2. The van der Waals surface area contributed by atoms with Gasteiger partial charge in [0.05, 0.1) is 6.61 Å². The molecule has 8 heteroatoms. The predicted molar refractivity (Wildman–Crippen MR) is 78.9 cm³/mol. The van der Waals surface area contributed by atoms with Gasteiger partial charge in [0.15, 0.2) is 5.65 Å². The molecule has 3 aromatic heterocycles. The standard InChI is InChI=1S/C14H11N5O3/c1-2-22-14(21)10-12-16-13(20)9-11(19(12)18-17-10)7-5-3-4-6-8(7)15-9/h3-6,15,18H,2H2,1H3. The number of benzene rings is 1. The quantitative estimate of drug-likeness (QED) is 0.541. The molecule has 0 aliphatic carbocycles. The van der Waals surface area contributed by atoms with Crippen molar-refractivity contribution in [3.05, 3.63) is 40.3 Å². The van der Waals surface area contributed by atoms with E-state index >= 15 is 0 Å². The molecular formula is C14H11N5O3. The molecule has 2 N–H and O–H groups in total. The molecule has 1 aromatic carbocycles. The van der Waals surface area contributed by atoms with Gasteiger partial charge in [-0.05, 0) is 13.0 Å². The first-order chi connectivity index (χ1) is 10.7. The summed E-state index contributed by atoms with van der Waals surface area (Å²) in [5, 5.41) is 7.50. The van der Waals surface area contributed by atoms with Gasteiger partial charge >= 0.3 is 5.97 Å². The van der Waals surface area contributed by atoms with E-state index < -0.39 is 11.5 Å². The highest BCUT2D eigenvalue weighted by Crippen LogP contribution is 2.23. The van der Waals surface area contributed by atoms with Gasteiger partial charge in [-0.1, -0.05) is 18.2 Å². The number of nitrogens with one attached hydrogen (secondary N) is 2. The van der Waals surface area contributed by atoms with E-state index in [0.29, 0.717) is 11.0 Å². The lowest BCUT2D eigenvalue weighted by atomic mass is 10.2. The molecule has 0 fully saturated rings. The normalized spacial score (nSPS) is 11.5. The number of ether oxygens (including phenoxy) is 1. The smallest absolute Gasteiger partial charge is 0.362 e. The fraction of sp³-hybridized carbons (Fsp3) is 0.143. The van der Waals surface area contributed by atoms with E-state index in [0.717, 1.165) is 10.9 Å². The molecule has 0 radical (unpaired) electrons. The average molecular weight is 297 g/mol. The molecule has 0 saturated carbocycles. The van der Waals surface area contributed by atoms with Crippen molar-refractivity contribution in [2.45, 2.75) is 6.92 Å². The minimum Gasteiger partial charge on any atom is -0.461 e. The lowest BCUT2D eigenvalue weighted by Crippen LogP contribution is -2.12. The van der Waals surface area contributed by atoms with Gasteiger partial charge in [0, 0.05) is 10.9 Å². The van der Waals surface area contributed by atoms with Crippen LogP contribution in [0.4, 0.5) is 0 Å². The molecule has 22 heavy (non-hydrogen) atoms. The molecule has 0 amide bonds. The van der Waals surface area contributed by atoms with Crippen molar-refractivity contribution >= 4 is 33.6 Å². The van der Waals surface area contributed by atoms with E-state index in [1.807, 2.05) is 24.3 Å². The molecule has 0 saturated heterocycles. The number of aromatic amines is 2. The Kier molecular flexibility index (Phi) is 2.52. The Balaban J connectivity index is 2.16. The average Bonchev–Trinajstić information content (AvgIpc) is 3.08. The summed E-state index contributed by atoms with van der Waals surface area (Å²) in [5.41, 5.74) is 1.47. The molecule has 8 nitrogen and oxygen atoms in total. The first-order valence-corrected chi connectivity index (χ1v) is 6.75. The maximum atomic E-state index is 12.2. The molecule has 0 aliphatic heterocycles. The minimum absolute atomic E-state index is 0.00821. The van der Waals surface area contributed by atoms with Crippen LogP contribution in [0.2, 0.25) is 0 Å². The van der Waals surface area contributed by atoms with Crippen LogP contribution in [-0.2, 0) is 4.74 Å². The zero-order valence-electron chi connectivity index (χ0n) is 11.6. The van der Waals surface area contributed by atoms with Gasteiger partial charge in [0.1, 0.15) is 11.0 Å². The van der Waals surface area contributed by atoms with Gasteiger partial charge in [-0.3, -0.25) is 4.79 Å². The SMILES string of the molecule is CCOC(=O)c1n[nH]n2c1nc(=O)c1[nH]c3ccccc3c12. The summed E-state index contributed by atoms with van der Waals surface area (Å²) in [7, 11) is 0. The minimum atomic E-state index is -0.618. The van der Waals surface area contributed by atoms with E-state index in [-0.39, 0.29) is 17.9 Å². The fourth-order valence-electron chi connectivity index (χ4n) is 2.56. The molecule has 3 heterocycles. The van der Waals surface area contributed by atoms with Gasteiger partial charge < -0.3 is 9.72 Å². The molecule has 0 bridgehead atoms. The second-order valence-corrected chi connectivity index (χ2v) is 4.75. The molecule has 0 unspecified atom stereocenters. The van der Waals surface area contributed by atoms with Gasteiger partial charge in [-0.25, -0.2) is 14.5 Å². The number of carbonyl (C=O) groups excluding carboxylic acids is 1. The van der Waals surface area contributed by atoms with Crippen LogP contribution >= 0.6 is 0 Å². The second kappa shape index (κ2) is 4.42. The zero-order chi connectivity index (χ0) is 15.3. The Bertz CT molecular complexity index is 1090. The number of esters is 1. The van der Waals surface area contributed by atoms with E-state index in [4.69, 9.17) is 4.74 Å². The highest BCUT2D eigenvalue weighted by atomic mass is 16.5. The van der Waals surface area contributed by atoms with Gasteiger partial charge in [-0.2, -0.15) is 4.98 Å². The molecule has 4 rings (SSSR count). The summed E-state index contributed by atoms with van der Waals surface area (Å²) in [4.78, 5) is 31.1. The maximum absolute atomic E-state index is 12.2. The highest BCUT2D eigenvalue weighted by Gasteiger charge is 2.21. The van der Waals surface area contributed by atoms with Crippen molar-refractivity contribution in [3.8, 4) is 0 Å². The van der Waals surface area contributed by atoms with Crippen molar-refractivity contribution in [3.63, 3.8) is 0 Å². The van der Waals surface area contributed by atoms with Crippen LogP contribution in [0, 0.1) is 0 Å². The number of para-hydroxylation sites is 1. The van der Waals surface area contributed by atoms with Gasteiger partial charge in [0.2, 0.25) is 5.69 Å². The van der Waals surface area contributed by atoms with E-state index in [1.54, 1.807) is 6.92 Å². The van der Waals surface area contributed by atoms with Crippen LogP contribution in [0.25, 0.3) is 27.6 Å². The summed E-state index contributed by atoms with van der Waals surface area (Å²) >= 11 is 0. The summed E-state index contributed by atoms with van der Waals surface area (Å²) in [6, 6.07) is 7.48. The van der Waals surface area contributed by atoms with Crippen molar-refractivity contribution in [2.24, 2.45) is 0 Å². The monoisotopic (exact) mass is 297 g/mol. The zero-order valence-corrected chi connectivity index (χ0v) is 11.6. The molecule has 0 atom stereocenters. The van der Waals surface area contributed by atoms with Crippen LogP contribution < -0.4 is 5.56 Å². The van der Waals surface area contributed by atoms with Crippen molar-refractivity contribution < 1.29 is 9.53 Å². The molecule has 4 aromatic rings. The number of rotatable bonds is 2. The molecule has 0 aliphatic rings. The third-order valence-corrected chi connectivity index (χ3v) is 3.48. The van der Waals surface area contributed by atoms with Crippen LogP contribution in [-0.4, -0.2) is 37.4 Å². The summed E-state index contributed by atoms with van der Waals surface area (Å²) in [6.07, 6.45) is 0. The fourth-order valence-corrected chi connectivity index (χ4v) is 2.56. The molecule has 110 valence electrons. The second-order valence-electron chi connectivity index (χ2n) is 4.75. The topological polar surface area (TPSA) is 105 Å². The number of aromatic nitrogens is 5. The lowest BCUT2D eigenvalue weighted by Gasteiger charge is -1.98. The van der Waals surface area contributed by atoms with Crippen LogP contribution in [0.1, 0.15) is 17.4 Å². The summed E-state index contributed by atoms with van der Waals surface area (Å²) in [5.74, 6) is -0.618. The summed E-state index contributed by atoms with van der Waals surface area (Å²) < 4.78 is 6.45. The van der Waals surface area contributed by atoms with Crippen molar-refractivity contribution in [1.82, 2.24) is 24.8 Å². The van der Waals surface area contributed by atoms with E-state index in [2.05, 4.69) is 20.3 Å². The van der Waals surface area contributed by atoms with E-state index in [1.165, 1.54) is 4.52 Å². The number of carbonyl (C=O) groups is 1. The first kappa shape index (κ1) is 12.6. The Morgan fingerprint density at radius 3 is 3.00 bits per heavy atom. The lowest BCUT2D eigenvalue weighted by molar-refractivity contribution is 0.0521. The van der Waals surface area contributed by atoms with Gasteiger partial charge in [-0.15, -0.1) is 5.10 Å². The van der Waals surface area contributed by atoms with E-state index in [9.17, 15) is 9.59 Å². The first-order valence-electron chi connectivity index (χ1n) is 6.75. The third kappa shape index (κ3) is 1.57. The number of nitrogens with zero attached hydrogens (tertiary/aromatic N) is 3. The number of hydrogen-bond acceptors (Lipinski definition) is 5. The Morgan fingerprint density at radius 2 is 2.18 bits per heavy atom. The predicted octanol–water partition coefficient (Wildman–Crippen LogP) is 1.23. The van der Waals surface area contributed by atoms with Gasteiger partial charge in [0.25, 0.3) is 5.56 Å². The third-order valence-electron chi connectivity index (χ3n) is 3.48. The Labute approximate surface area is 122 Å². The largest absolute Gasteiger partial charge is 0.461 e. The maximum Gasteiger partial charge on any atom is 0.362 e. The van der Waals surface area contributed by atoms with Crippen LogP contribution in [0.3, 0.4) is 0 Å². The Morgan fingerprint density at radius 1 is 1.36 bits per heavy atom. The molecular weight excluding hydrogens is 286 g/mol. The Hall–Kier alpha value is -3.16. The highest BCUT2D eigenvalue weighted by molar-refractivity contribution is 6.06. The van der Waals surface area contributed by atoms with Crippen molar-refractivity contribution in [1.29, 1.82) is 0 Å². The summed E-state index contributed by atoms with van der Waals surface area (Å²) in [6.45, 7) is 1.92. The number of hydrogen-bond donors (Lipinski definition) is 2. The molecule has 0 spiro atoms. The van der Waals surface area contributed by atoms with Crippen LogP contribution in [0.15, 0.2) is 29.1 Å².